The van der Waals surface area contributed by atoms with Crippen molar-refractivity contribution in [1.29, 1.82) is 0 Å². The Balaban J connectivity index is 2.33. The molecule has 0 aromatic heterocycles. The Labute approximate surface area is 116 Å². The normalized spacial score (nSPS) is 10.2. The molecule has 0 radical (unpaired) electrons. The molecule has 108 valence electrons. The Morgan fingerprint density at radius 2 is 1.81 bits per heavy atom. The Kier molecular flexibility index (Phi) is 3.88. The summed E-state index contributed by atoms with van der Waals surface area (Å²) in [7, 11) is 0. The fourth-order valence-electron chi connectivity index (χ4n) is 1.59. The first kappa shape index (κ1) is 14.5. The van der Waals surface area contributed by atoms with Crippen LogP contribution in [-0.2, 0) is 0 Å². The SMILES string of the molecule is O=C(Nc1cc([N+](=O)[O-])ccc1F)c1cccc(F)c1F. The first-order chi connectivity index (χ1) is 9.90. The lowest BCUT2D eigenvalue weighted by atomic mass is 10.2. The maximum absolute atomic E-state index is 13.5. The van der Waals surface area contributed by atoms with E-state index in [9.17, 15) is 28.1 Å². The first-order valence-corrected chi connectivity index (χ1v) is 5.59. The van der Waals surface area contributed by atoms with E-state index in [4.69, 9.17) is 0 Å². The highest BCUT2D eigenvalue weighted by atomic mass is 19.2. The number of nitrogens with zero attached hydrogens (tertiary/aromatic N) is 1. The number of carbonyl (C=O) groups is 1. The average Bonchev–Trinajstić information content (AvgIpc) is 2.43. The van der Waals surface area contributed by atoms with Crippen molar-refractivity contribution in [3.05, 3.63) is 69.5 Å². The van der Waals surface area contributed by atoms with Gasteiger partial charge in [0.15, 0.2) is 11.6 Å². The lowest BCUT2D eigenvalue weighted by molar-refractivity contribution is -0.384. The third-order valence-corrected chi connectivity index (χ3v) is 2.61. The number of benzene rings is 2. The van der Waals surface area contributed by atoms with E-state index in [1.165, 1.54) is 0 Å². The van der Waals surface area contributed by atoms with Crippen molar-refractivity contribution in [2.24, 2.45) is 0 Å². The van der Waals surface area contributed by atoms with Crippen LogP contribution in [0.2, 0.25) is 0 Å². The molecule has 0 heterocycles. The number of nitrogens with one attached hydrogen (secondary N) is 1. The summed E-state index contributed by atoms with van der Waals surface area (Å²) in [6.45, 7) is 0. The molecule has 0 aliphatic rings. The van der Waals surface area contributed by atoms with Gasteiger partial charge in [0.1, 0.15) is 5.82 Å². The van der Waals surface area contributed by atoms with Gasteiger partial charge in [0.2, 0.25) is 0 Å². The maximum atomic E-state index is 13.5. The summed E-state index contributed by atoms with van der Waals surface area (Å²) in [6.07, 6.45) is 0. The predicted octanol–water partition coefficient (Wildman–Crippen LogP) is 3.26. The Bertz CT molecular complexity index is 735. The fraction of sp³-hybridized carbons (Fsp3) is 0. The van der Waals surface area contributed by atoms with E-state index in [2.05, 4.69) is 0 Å². The predicted molar refractivity (Wildman–Crippen MR) is 67.4 cm³/mol. The summed E-state index contributed by atoms with van der Waals surface area (Å²) in [5, 5.41) is 12.5. The van der Waals surface area contributed by atoms with Crippen molar-refractivity contribution < 1.29 is 22.9 Å². The molecule has 1 N–H and O–H groups in total. The fourth-order valence-corrected chi connectivity index (χ4v) is 1.59. The van der Waals surface area contributed by atoms with Gasteiger partial charge >= 0.3 is 0 Å². The van der Waals surface area contributed by atoms with Crippen LogP contribution in [0.3, 0.4) is 0 Å². The molecule has 2 aromatic carbocycles. The number of anilines is 1. The topological polar surface area (TPSA) is 72.2 Å². The number of hydrogen-bond acceptors (Lipinski definition) is 3. The summed E-state index contributed by atoms with van der Waals surface area (Å²) in [5.41, 5.74) is -1.59. The monoisotopic (exact) mass is 296 g/mol. The van der Waals surface area contributed by atoms with Crippen LogP contribution in [0.5, 0.6) is 0 Å². The zero-order chi connectivity index (χ0) is 15.6. The zero-order valence-electron chi connectivity index (χ0n) is 10.3. The molecule has 0 spiro atoms. The molecule has 2 aromatic rings. The molecule has 2 rings (SSSR count). The van der Waals surface area contributed by atoms with Crippen LogP contribution < -0.4 is 5.32 Å². The molecule has 0 bridgehead atoms. The Hall–Kier alpha value is -2.90. The van der Waals surface area contributed by atoms with E-state index < -0.39 is 45.2 Å². The Morgan fingerprint density at radius 3 is 2.48 bits per heavy atom. The van der Waals surface area contributed by atoms with E-state index in [-0.39, 0.29) is 0 Å². The van der Waals surface area contributed by atoms with E-state index in [1.54, 1.807) is 0 Å². The van der Waals surface area contributed by atoms with Crippen molar-refractivity contribution in [2.75, 3.05) is 5.32 Å². The van der Waals surface area contributed by atoms with Gasteiger partial charge < -0.3 is 5.32 Å². The van der Waals surface area contributed by atoms with Gasteiger partial charge in [-0.3, -0.25) is 14.9 Å². The number of nitro groups is 1. The van der Waals surface area contributed by atoms with Gasteiger partial charge in [-0.05, 0) is 18.2 Å². The number of halogens is 3. The van der Waals surface area contributed by atoms with Crippen LogP contribution in [-0.4, -0.2) is 10.8 Å². The number of carbonyl (C=O) groups excluding carboxylic acids is 1. The van der Waals surface area contributed by atoms with Crippen LogP contribution in [0.4, 0.5) is 24.5 Å². The van der Waals surface area contributed by atoms with Gasteiger partial charge in [-0.2, -0.15) is 0 Å². The molecular weight excluding hydrogens is 289 g/mol. The quantitative estimate of drug-likeness (QED) is 0.698. The second-order valence-corrected chi connectivity index (χ2v) is 3.98. The molecule has 0 saturated carbocycles. The number of hydrogen-bond donors (Lipinski definition) is 1. The van der Waals surface area contributed by atoms with E-state index in [1.807, 2.05) is 5.32 Å². The zero-order valence-corrected chi connectivity index (χ0v) is 10.3. The summed E-state index contributed by atoms with van der Waals surface area (Å²) >= 11 is 0. The lowest BCUT2D eigenvalue weighted by Gasteiger charge is -2.07. The molecule has 0 aliphatic carbocycles. The summed E-state index contributed by atoms with van der Waals surface area (Å²) in [6, 6.07) is 5.41. The first-order valence-electron chi connectivity index (χ1n) is 5.59. The minimum atomic E-state index is -1.39. The summed E-state index contributed by atoms with van der Waals surface area (Å²) < 4.78 is 39.9. The van der Waals surface area contributed by atoms with Crippen LogP contribution in [0.1, 0.15) is 10.4 Å². The molecule has 0 aliphatic heterocycles. The third-order valence-electron chi connectivity index (χ3n) is 2.61. The number of amides is 1. The molecule has 0 saturated heterocycles. The molecule has 8 heteroatoms. The van der Waals surface area contributed by atoms with Crippen molar-refractivity contribution in [1.82, 2.24) is 0 Å². The van der Waals surface area contributed by atoms with E-state index in [0.717, 1.165) is 36.4 Å². The summed E-state index contributed by atoms with van der Waals surface area (Å²) in [5.74, 6) is -4.68. The molecule has 0 atom stereocenters. The molecular formula is C13H7F3N2O3. The highest BCUT2D eigenvalue weighted by molar-refractivity contribution is 6.04. The summed E-state index contributed by atoms with van der Waals surface area (Å²) in [4.78, 5) is 21.6. The van der Waals surface area contributed by atoms with Crippen LogP contribution in [0.15, 0.2) is 36.4 Å². The second kappa shape index (κ2) is 5.61. The van der Waals surface area contributed by atoms with E-state index in [0.29, 0.717) is 0 Å². The number of nitro benzene ring substituents is 1. The van der Waals surface area contributed by atoms with Crippen molar-refractivity contribution >= 4 is 17.3 Å². The van der Waals surface area contributed by atoms with Crippen LogP contribution >= 0.6 is 0 Å². The largest absolute Gasteiger partial charge is 0.319 e. The van der Waals surface area contributed by atoms with Gasteiger partial charge in [-0.1, -0.05) is 6.07 Å². The maximum Gasteiger partial charge on any atom is 0.271 e. The minimum Gasteiger partial charge on any atom is -0.319 e. The molecule has 0 fully saturated rings. The molecule has 5 nitrogen and oxygen atoms in total. The Morgan fingerprint density at radius 1 is 1.10 bits per heavy atom. The van der Waals surface area contributed by atoms with Crippen molar-refractivity contribution in [3.8, 4) is 0 Å². The van der Waals surface area contributed by atoms with Crippen LogP contribution in [0.25, 0.3) is 0 Å². The smallest absolute Gasteiger partial charge is 0.271 e. The van der Waals surface area contributed by atoms with Crippen LogP contribution in [0, 0.1) is 27.6 Å². The van der Waals surface area contributed by atoms with Gasteiger partial charge in [0.05, 0.1) is 16.2 Å². The molecule has 21 heavy (non-hydrogen) atoms. The van der Waals surface area contributed by atoms with Gasteiger partial charge in [-0.15, -0.1) is 0 Å². The van der Waals surface area contributed by atoms with Gasteiger partial charge in [0.25, 0.3) is 11.6 Å². The standard InChI is InChI=1S/C13H7F3N2O3/c14-9-5-4-7(18(20)21)6-11(9)17-13(19)8-2-1-3-10(15)12(8)16/h1-6H,(H,17,19). The molecule has 1 amide bonds. The van der Waals surface area contributed by atoms with Gasteiger partial charge in [-0.25, -0.2) is 13.2 Å². The van der Waals surface area contributed by atoms with E-state index >= 15 is 0 Å². The van der Waals surface area contributed by atoms with Crippen molar-refractivity contribution in [3.63, 3.8) is 0 Å². The number of rotatable bonds is 3. The minimum absolute atomic E-state index is 0.452. The number of non-ortho nitro benzene ring substituents is 1. The third kappa shape index (κ3) is 2.99. The lowest BCUT2D eigenvalue weighted by Crippen LogP contribution is -2.15. The second-order valence-electron chi connectivity index (χ2n) is 3.98. The van der Waals surface area contributed by atoms with Gasteiger partial charge in [0, 0.05) is 12.1 Å². The van der Waals surface area contributed by atoms with Crippen molar-refractivity contribution in [2.45, 2.75) is 0 Å². The highest BCUT2D eigenvalue weighted by Crippen LogP contribution is 2.22. The molecule has 0 unspecified atom stereocenters. The highest BCUT2D eigenvalue weighted by Gasteiger charge is 2.18. The average molecular weight is 296 g/mol.